The SMILES string of the molecule is CC[C@@H](C)[C@H](N)C(=O)N[C@H](CCC(=O)N[C@H](CSC[C@H](N)C(=O)O)C(=O)O)C(=O)O. The molecular formula is C17H30N4O8S. The van der Waals surface area contributed by atoms with E-state index in [0.717, 1.165) is 11.8 Å². The fourth-order valence-corrected chi connectivity index (χ4v) is 3.13. The minimum atomic E-state index is -1.36. The van der Waals surface area contributed by atoms with Crippen LogP contribution in [0.3, 0.4) is 0 Å². The van der Waals surface area contributed by atoms with Crippen LogP contribution in [0.1, 0.15) is 33.1 Å². The topological polar surface area (TPSA) is 222 Å². The molecule has 172 valence electrons. The first-order valence-corrected chi connectivity index (χ1v) is 10.4. The molecule has 0 saturated carbocycles. The number of hydrogen-bond acceptors (Lipinski definition) is 8. The molecule has 5 atom stereocenters. The molecule has 0 aliphatic rings. The smallest absolute Gasteiger partial charge is 0.327 e. The first-order chi connectivity index (χ1) is 13.9. The van der Waals surface area contributed by atoms with Gasteiger partial charge in [-0.15, -0.1) is 0 Å². The number of nitrogens with one attached hydrogen (secondary N) is 2. The predicted octanol–water partition coefficient (Wildman–Crippen LogP) is -1.58. The Morgan fingerprint density at radius 3 is 1.93 bits per heavy atom. The lowest BCUT2D eigenvalue weighted by Crippen LogP contribution is -2.51. The van der Waals surface area contributed by atoms with Gasteiger partial charge in [0.2, 0.25) is 11.8 Å². The van der Waals surface area contributed by atoms with Crippen LogP contribution in [0.4, 0.5) is 0 Å². The number of rotatable bonds is 15. The van der Waals surface area contributed by atoms with Crippen LogP contribution in [-0.4, -0.2) is 80.7 Å². The zero-order valence-corrected chi connectivity index (χ0v) is 17.7. The molecule has 0 aromatic carbocycles. The first kappa shape index (κ1) is 27.6. The third-order valence-electron chi connectivity index (χ3n) is 4.37. The van der Waals surface area contributed by atoms with Gasteiger partial charge in [0, 0.05) is 17.9 Å². The standard InChI is InChI=1S/C17H30N4O8S/c1-3-8(2)13(19)14(23)21-10(16(26)27)4-5-12(22)20-11(17(28)29)7-30-6-9(18)15(24)25/h8-11,13H,3-7,18-19H2,1-2H3,(H,20,22)(H,21,23)(H,24,25)(H,26,27)(H,28,29)/t8-,9+,10-,11-,13+/m1/s1. The number of aliphatic carboxylic acids is 3. The summed E-state index contributed by atoms with van der Waals surface area (Å²) in [4.78, 5) is 57.4. The van der Waals surface area contributed by atoms with Gasteiger partial charge in [0.25, 0.3) is 0 Å². The lowest BCUT2D eigenvalue weighted by Gasteiger charge is -2.21. The van der Waals surface area contributed by atoms with Crippen LogP contribution in [0.25, 0.3) is 0 Å². The number of carboxylic acid groups (broad SMARTS) is 3. The van der Waals surface area contributed by atoms with E-state index >= 15 is 0 Å². The number of thioether (sulfide) groups is 1. The molecule has 0 aromatic heterocycles. The van der Waals surface area contributed by atoms with E-state index in [2.05, 4.69) is 10.6 Å². The van der Waals surface area contributed by atoms with E-state index in [1.54, 1.807) is 6.92 Å². The highest BCUT2D eigenvalue weighted by Gasteiger charge is 2.27. The maximum absolute atomic E-state index is 12.1. The van der Waals surface area contributed by atoms with Crippen LogP contribution < -0.4 is 22.1 Å². The second-order valence-corrected chi connectivity index (χ2v) is 7.86. The maximum atomic E-state index is 12.1. The number of carboxylic acids is 3. The normalized spacial score (nSPS) is 15.9. The molecule has 0 aromatic rings. The minimum absolute atomic E-state index is 0.0431. The third kappa shape index (κ3) is 10.4. The molecule has 0 aliphatic heterocycles. The Morgan fingerprint density at radius 1 is 0.900 bits per heavy atom. The highest BCUT2D eigenvalue weighted by atomic mass is 32.2. The Kier molecular flexibility index (Phi) is 12.7. The molecule has 0 aliphatic carbocycles. The van der Waals surface area contributed by atoms with Crippen molar-refractivity contribution < 1.29 is 39.3 Å². The van der Waals surface area contributed by atoms with Crippen molar-refractivity contribution in [1.29, 1.82) is 0 Å². The van der Waals surface area contributed by atoms with Crippen molar-refractivity contribution in [3.63, 3.8) is 0 Å². The zero-order chi connectivity index (χ0) is 23.4. The van der Waals surface area contributed by atoms with Gasteiger partial charge in [-0.25, -0.2) is 9.59 Å². The van der Waals surface area contributed by atoms with Crippen LogP contribution in [0.2, 0.25) is 0 Å². The minimum Gasteiger partial charge on any atom is -0.480 e. The lowest BCUT2D eigenvalue weighted by atomic mass is 9.99. The Bertz CT molecular complexity index is 633. The number of amides is 2. The molecule has 13 heteroatoms. The third-order valence-corrected chi connectivity index (χ3v) is 5.53. The average molecular weight is 451 g/mol. The molecule has 0 saturated heterocycles. The molecule has 0 heterocycles. The van der Waals surface area contributed by atoms with Crippen LogP contribution >= 0.6 is 11.8 Å². The summed E-state index contributed by atoms with van der Waals surface area (Å²) in [6, 6.07) is -4.72. The van der Waals surface area contributed by atoms with Gasteiger partial charge in [-0.3, -0.25) is 14.4 Å². The van der Waals surface area contributed by atoms with Crippen LogP contribution in [-0.2, 0) is 24.0 Å². The summed E-state index contributed by atoms with van der Waals surface area (Å²) in [7, 11) is 0. The molecule has 0 fully saturated rings. The molecule has 0 radical (unpaired) electrons. The van der Waals surface area contributed by atoms with Gasteiger partial charge < -0.3 is 37.4 Å². The molecule has 0 bridgehead atoms. The number of nitrogens with two attached hydrogens (primary N) is 2. The average Bonchev–Trinajstić information content (AvgIpc) is 2.67. The summed E-state index contributed by atoms with van der Waals surface area (Å²) >= 11 is 0.947. The van der Waals surface area contributed by atoms with Crippen molar-refractivity contribution in [3.8, 4) is 0 Å². The van der Waals surface area contributed by atoms with E-state index in [0.29, 0.717) is 6.42 Å². The molecule has 12 nitrogen and oxygen atoms in total. The molecule has 0 rings (SSSR count). The summed E-state index contributed by atoms with van der Waals surface area (Å²) in [5, 5.41) is 31.7. The van der Waals surface area contributed by atoms with Gasteiger partial charge >= 0.3 is 17.9 Å². The van der Waals surface area contributed by atoms with Gasteiger partial charge in [0.15, 0.2) is 0 Å². The molecule has 0 unspecified atom stereocenters. The molecule has 2 amide bonds. The van der Waals surface area contributed by atoms with Crippen molar-refractivity contribution in [2.24, 2.45) is 17.4 Å². The maximum Gasteiger partial charge on any atom is 0.327 e. The fraction of sp³-hybridized carbons (Fsp3) is 0.706. The molecular weight excluding hydrogens is 420 g/mol. The number of carbonyl (C=O) groups is 5. The summed E-state index contributed by atoms with van der Waals surface area (Å²) in [5.41, 5.74) is 11.1. The van der Waals surface area contributed by atoms with Crippen molar-refractivity contribution in [1.82, 2.24) is 10.6 Å². The summed E-state index contributed by atoms with van der Waals surface area (Å²) in [6.45, 7) is 3.59. The number of hydrogen-bond donors (Lipinski definition) is 7. The van der Waals surface area contributed by atoms with Crippen LogP contribution in [0, 0.1) is 5.92 Å². The van der Waals surface area contributed by atoms with E-state index in [1.165, 1.54) is 0 Å². The van der Waals surface area contributed by atoms with Crippen molar-refractivity contribution >= 4 is 41.5 Å². The molecule has 0 spiro atoms. The van der Waals surface area contributed by atoms with Gasteiger partial charge in [0.1, 0.15) is 18.1 Å². The summed E-state index contributed by atoms with van der Waals surface area (Å²) in [5.74, 6) is -5.60. The fourth-order valence-electron chi connectivity index (χ4n) is 2.14. The lowest BCUT2D eigenvalue weighted by molar-refractivity contribution is -0.143. The zero-order valence-electron chi connectivity index (χ0n) is 16.9. The van der Waals surface area contributed by atoms with Crippen LogP contribution in [0.15, 0.2) is 0 Å². The second-order valence-electron chi connectivity index (χ2n) is 6.79. The Hall–Kier alpha value is -2.38. The van der Waals surface area contributed by atoms with Gasteiger partial charge in [-0.05, 0) is 12.3 Å². The van der Waals surface area contributed by atoms with Crippen LogP contribution in [0.5, 0.6) is 0 Å². The van der Waals surface area contributed by atoms with Gasteiger partial charge in [-0.1, -0.05) is 20.3 Å². The van der Waals surface area contributed by atoms with Gasteiger partial charge in [-0.2, -0.15) is 11.8 Å². The summed E-state index contributed by atoms with van der Waals surface area (Å²) < 4.78 is 0. The van der Waals surface area contributed by atoms with E-state index in [1.807, 2.05) is 6.92 Å². The molecule has 9 N–H and O–H groups in total. The van der Waals surface area contributed by atoms with Crippen molar-refractivity contribution in [2.75, 3.05) is 11.5 Å². The van der Waals surface area contributed by atoms with E-state index in [-0.39, 0.29) is 30.3 Å². The summed E-state index contributed by atoms with van der Waals surface area (Å²) in [6.07, 6.45) is 0.0170. The monoisotopic (exact) mass is 450 g/mol. The molecule has 30 heavy (non-hydrogen) atoms. The second kappa shape index (κ2) is 13.8. The Morgan fingerprint density at radius 2 is 1.47 bits per heavy atom. The Balaban J connectivity index is 4.68. The number of carbonyl (C=O) groups excluding carboxylic acids is 2. The van der Waals surface area contributed by atoms with E-state index in [9.17, 15) is 34.2 Å². The van der Waals surface area contributed by atoms with Crippen molar-refractivity contribution in [3.05, 3.63) is 0 Å². The van der Waals surface area contributed by atoms with E-state index in [4.69, 9.17) is 16.6 Å². The Labute approximate surface area is 178 Å². The highest BCUT2D eigenvalue weighted by Crippen LogP contribution is 2.08. The predicted molar refractivity (Wildman–Crippen MR) is 109 cm³/mol. The first-order valence-electron chi connectivity index (χ1n) is 9.27. The highest BCUT2D eigenvalue weighted by molar-refractivity contribution is 7.99. The van der Waals surface area contributed by atoms with E-state index < -0.39 is 53.9 Å². The van der Waals surface area contributed by atoms with Gasteiger partial charge in [0.05, 0.1) is 6.04 Å². The van der Waals surface area contributed by atoms with Crippen molar-refractivity contribution in [2.45, 2.75) is 57.3 Å². The largest absolute Gasteiger partial charge is 0.480 e. The quantitative estimate of drug-likeness (QED) is 0.151.